The highest BCUT2D eigenvalue weighted by molar-refractivity contribution is 7.89. The summed E-state index contributed by atoms with van der Waals surface area (Å²) in [5, 5.41) is 5.52. The van der Waals surface area contributed by atoms with E-state index >= 15 is 0 Å². The molecule has 3 N–H and O–H groups in total. The number of carbonyl (C=O) groups excluding carboxylic acids is 3. The third-order valence-corrected chi connectivity index (χ3v) is 6.35. The number of carbonyl (C=O) groups is 3. The average molecular weight is 411 g/mol. The minimum Gasteiger partial charge on any atom is -0.356 e. The molecule has 28 heavy (non-hydrogen) atoms. The average Bonchev–Trinajstić information content (AvgIpc) is 3.54. The quantitative estimate of drug-likeness (QED) is 0.493. The van der Waals surface area contributed by atoms with Crippen molar-refractivity contribution in [2.24, 2.45) is 0 Å². The first-order valence-corrected chi connectivity index (χ1v) is 10.6. The minimum absolute atomic E-state index is 0.0520. The molecule has 0 unspecified atom stereocenters. The lowest BCUT2D eigenvalue weighted by Crippen LogP contribution is -2.39. The Morgan fingerprint density at radius 3 is 2.11 bits per heavy atom. The van der Waals surface area contributed by atoms with Gasteiger partial charge in [-0.3, -0.25) is 14.4 Å². The van der Waals surface area contributed by atoms with E-state index in [2.05, 4.69) is 15.6 Å². The summed E-state index contributed by atoms with van der Waals surface area (Å²) in [6.45, 7) is -0.411. The van der Waals surface area contributed by atoms with Crippen LogP contribution in [0, 0.1) is 0 Å². The van der Waals surface area contributed by atoms with E-state index in [1.807, 2.05) is 0 Å². The zero-order chi connectivity index (χ0) is 20.5. The molecule has 2 saturated carbocycles. The summed E-state index contributed by atoms with van der Waals surface area (Å²) in [5.74, 6) is -1.11. The summed E-state index contributed by atoms with van der Waals surface area (Å²) in [7, 11) is -1.15. The van der Waals surface area contributed by atoms with Gasteiger partial charge in [-0.1, -0.05) is 0 Å². The van der Waals surface area contributed by atoms with Gasteiger partial charge in [0.05, 0.1) is 13.1 Å². The van der Waals surface area contributed by atoms with E-state index in [0.29, 0.717) is 0 Å². The number of nitrogens with zero attached hydrogens (tertiary/aromatic N) is 2. The largest absolute Gasteiger partial charge is 0.356 e. The van der Waals surface area contributed by atoms with Crippen molar-refractivity contribution in [1.29, 1.82) is 0 Å². The third kappa shape index (κ3) is 5.10. The molecule has 0 radical (unpaired) electrons. The highest BCUT2D eigenvalue weighted by atomic mass is 32.2. The van der Waals surface area contributed by atoms with Crippen LogP contribution in [-0.4, -0.2) is 79.6 Å². The molecule has 1 aromatic heterocycles. The molecule has 11 heteroatoms. The third-order valence-electron chi connectivity index (χ3n) is 4.57. The fourth-order valence-electron chi connectivity index (χ4n) is 2.61. The van der Waals surface area contributed by atoms with Gasteiger partial charge < -0.3 is 20.5 Å². The van der Waals surface area contributed by atoms with Crippen molar-refractivity contribution in [3.63, 3.8) is 0 Å². The smallest absolute Gasteiger partial charge is 0.270 e. The molecule has 10 nitrogen and oxygen atoms in total. The Bertz CT molecular complexity index is 872. The van der Waals surface area contributed by atoms with Crippen LogP contribution in [0.1, 0.15) is 36.2 Å². The maximum Gasteiger partial charge on any atom is 0.270 e. The number of hydrogen-bond donors (Lipinski definition) is 3. The normalized spacial score (nSPS) is 16.7. The fourth-order valence-corrected chi connectivity index (χ4v) is 3.73. The molecule has 1 aromatic rings. The van der Waals surface area contributed by atoms with Gasteiger partial charge in [-0.25, -0.2) is 8.42 Å². The van der Waals surface area contributed by atoms with Crippen molar-refractivity contribution in [2.75, 3.05) is 27.2 Å². The Hall–Kier alpha value is -2.40. The van der Waals surface area contributed by atoms with Gasteiger partial charge >= 0.3 is 0 Å². The second-order valence-corrected chi connectivity index (χ2v) is 9.40. The monoisotopic (exact) mass is 411 g/mol. The summed E-state index contributed by atoms with van der Waals surface area (Å²) in [5.41, 5.74) is 0.0520. The van der Waals surface area contributed by atoms with Gasteiger partial charge in [0, 0.05) is 32.4 Å². The molecule has 0 spiro atoms. The van der Waals surface area contributed by atoms with Crippen molar-refractivity contribution in [1.82, 2.24) is 24.8 Å². The lowest BCUT2D eigenvalue weighted by molar-refractivity contribution is -0.122. The number of nitrogens with one attached hydrogen (secondary N) is 3. The Labute approximate surface area is 163 Å². The van der Waals surface area contributed by atoms with Crippen LogP contribution in [0.3, 0.4) is 0 Å². The number of aromatic amines is 1. The number of amides is 3. The van der Waals surface area contributed by atoms with Crippen molar-refractivity contribution in [3.05, 3.63) is 18.0 Å². The SMILES string of the molecule is CN(CC(=O)NC1CC1)C(=O)c1cc(S(=O)(=O)N(C)CC(=O)NC2CC2)c[nH]1. The molecule has 2 fully saturated rings. The van der Waals surface area contributed by atoms with Gasteiger partial charge in [0.15, 0.2) is 0 Å². The maximum atomic E-state index is 12.6. The lowest BCUT2D eigenvalue weighted by atomic mass is 10.3. The predicted molar refractivity (Wildman–Crippen MR) is 99.9 cm³/mol. The van der Waals surface area contributed by atoms with E-state index in [4.69, 9.17) is 0 Å². The van der Waals surface area contributed by atoms with E-state index in [0.717, 1.165) is 30.0 Å². The molecule has 2 aliphatic carbocycles. The van der Waals surface area contributed by atoms with Crippen molar-refractivity contribution in [3.8, 4) is 0 Å². The van der Waals surface area contributed by atoms with E-state index in [1.165, 1.54) is 31.3 Å². The van der Waals surface area contributed by atoms with Gasteiger partial charge in [-0.2, -0.15) is 4.31 Å². The first-order valence-electron chi connectivity index (χ1n) is 9.16. The van der Waals surface area contributed by atoms with Crippen LogP contribution in [-0.2, 0) is 19.6 Å². The standard InChI is InChI=1S/C17H25N5O5S/c1-21(9-15(23)19-11-3-4-11)17(25)14-7-13(8-18-14)28(26,27)22(2)10-16(24)20-12-5-6-12/h7-8,11-12,18H,3-6,9-10H2,1-2H3,(H,19,23)(H,20,24). The van der Waals surface area contributed by atoms with Crippen LogP contribution in [0.15, 0.2) is 17.2 Å². The first-order chi connectivity index (χ1) is 13.2. The second kappa shape index (κ2) is 7.92. The predicted octanol–water partition coefficient (Wildman–Crippen LogP) is -0.736. The van der Waals surface area contributed by atoms with Crippen molar-refractivity contribution in [2.45, 2.75) is 42.7 Å². The summed E-state index contributed by atoms with van der Waals surface area (Å²) in [6, 6.07) is 1.56. The van der Waals surface area contributed by atoms with Gasteiger partial charge in [-0.15, -0.1) is 0 Å². The second-order valence-electron chi connectivity index (χ2n) is 7.35. The molecule has 0 aromatic carbocycles. The zero-order valence-electron chi connectivity index (χ0n) is 15.9. The molecule has 0 bridgehead atoms. The molecule has 0 atom stereocenters. The van der Waals surface area contributed by atoms with Crippen LogP contribution in [0.25, 0.3) is 0 Å². The maximum absolute atomic E-state index is 12.6. The van der Waals surface area contributed by atoms with Gasteiger partial charge in [0.25, 0.3) is 5.91 Å². The Kier molecular flexibility index (Phi) is 5.75. The van der Waals surface area contributed by atoms with Gasteiger partial charge in [-0.05, 0) is 31.7 Å². The van der Waals surface area contributed by atoms with Crippen molar-refractivity contribution >= 4 is 27.7 Å². The Balaban J connectivity index is 1.59. The number of hydrogen-bond acceptors (Lipinski definition) is 5. The van der Waals surface area contributed by atoms with Crippen molar-refractivity contribution < 1.29 is 22.8 Å². The zero-order valence-corrected chi connectivity index (χ0v) is 16.7. The molecular weight excluding hydrogens is 386 g/mol. The van der Waals surface area contributed by atoms with Crippen LogP contribution in [0.2, 0.25) is 0 Å². The lowest BCUT2D eigenvalue weighted by Gasteiger charge is -2.16. The number of rotatable bonds is 9. The Morgan fingerprint density at radius 2 is 1.57 bits per heavy atom. The topological polar surface area (TPSA) is 132 Å². The Morgan fingerprint density at radius 1 is 1.04 bits per heavy atom. The molecule has 3 amide bonds. The van der Waals surface area contributed by atoms with Crippen LogP contribution < -0.4 is 10.6 Å². The summed E-state index contributed by atoms with van der Waals surface area (Å²) >= 11 is 0. The highest BCUT2D eigenvalue weighted by Gasteiger charge is 2.29. The molecule has 154 valence electrons. The summed E-state index contributed by atoms with van der Waals surface area (Å²) in [6.07, 6.45) is 4.94. The van der Waals surface area contributed by atoms with E-state index in [1.54, 1.807) is 0 Å². The number of H-pyrrole nitrogens is 1. The van der Waals surface area contributed by atoms with Crippen LogP contribution in [0.5, 0.6) is 0 Å². The van der Waals surface area contributed by atoms with E-state index in [-0.39, 0.29) is 47.6 Å². The molecule has 1 heterocycles. The molecule has 0 saturated heterocycles. The first kappa shape index (κ1) is 20.3. The molecule has 2 aliphatic rings. The fraction of sp³-hybridized carbons (Fsp3) is 0.588. The minimum atomic E-state index is -3.93. The molecular formula is C17H25N5O5S. The molecule has 3 rings (SSSR count). The highest BCUT2D eigenvalue weighted by Crippen LogP contribution is 2.20. The van der Waals surface area contributed by atoms with Crippen LogP contribution >= 0.6 is 0 Å². The van der Waals surface area contributed by atoms with Crippen LogP contribution in [0.4, 0.5) is 0 Å². The number of sulfonamides is 1. The van der Waals surface area contributed by atoms with E-state index < -0.39 is 15.9 Å². The van der Waals surface area contributed by atoms with Gasteiger partial charge in [0.1, 0.15) is 10.6 Å². The molecule has 0 aliphatic heterocycles. The summed E-state index contributed by atoms with van der Waals surface area (Å²) < 4.78 is 26.2. The van der Waals surface area contributed by atoms with E-state index in [9.17, 15) is 22.8 Å². The number of aromatic nitrogens is 1. The van der Waals surface area contributed by atoms with Gasteiger partial charge in [0.2, 0.25) is 21.8 Å². The summed E-state index contributed by atoms with van der Waals surface area (Å²) in [4.78, 5) is 39.8. The number of likely N-dealkylation sites (N-methyl/N-ethyl adjacent to an activating group) is 2.